The van der Waals surface area contributed by atoms with Crippen LogP contribution in [0.1, 0.15) is 71.6 Å². The number of nitrogens with one attached hydrogen (secondary N) is 1. The van der Waals surface area contributed by atoms with E-state index >= 15 is 0 Å². The van der Waals surface area contributed by atoms with Gasteiger partial charge in [0, 0.05) is 37.1 Å². The van der Waals surface area contributed by atoms with E-state index in [-0.39, 0.29) is 22.9 Å². The molecule has 1 heterocycles. The number of fused-ring (bicyclic) bond motifs is 5. The molecule has 0 amide bonds. The van der Waals surface area contributed by atoms with Crippen LogP contribution in [0.5, 0.6) is 0 Å². The Morgan fingerprint density at radius 2 is 2.03 bits per heavy atom. The number of ketones is 1. The number of esters is 1. The van der Waals surface area contributed by atoms with Gasteiger partial charge in [0.15, 0.2) is 0 Å². The van der Waals surface area contributed by atoms with Crippen LogP contribution in [0.3, 0.4) is 0 Å². The van der Waals surface area contributed by atoms with Crippen LogP contribution in [-0.2, 0) is 19.2 Å². The highest BCUT2D eigenvalue weighted by Gasteiger charge is 2.60. The van der Waals surface area contributed by atoms with E-state index in [0.29, 0.717) is 30.1 Å². The second kappa shape index (κ2) is 8.02. The molecule has 4 unspecified atom stereocenters. The summed E-state index contributed by atoms with van der Waals surface area (Å²) in [7, 11) is 0. The van der Waals surface area contributed by atoms with E-state index in [4.69, 9.17) is 9.57 Å². The molecule has 0 aromatic heterocycles. The van der Waals surface area contributed by atoms with Crippen molar-refractivity contribution in [2.75, 3.05) is 19.7 Å². The minimum atomic E-state index is -0.205. The van der Waals surface area contributed by atoms with E-state index in [9.17, 15) is 9.59 Å². The molecule has 5 rings (SSSR count). The number of ether oxygens (including phenoxy) is 1. The summed E-state index contributed by atoms with van der Waals surface area (Å²) in [6.07, 6.45) is 11.2. The van der Waals surface area contributed by atoms with E-state index in [1.165, 1.54) is 12.5 Å². The molecule has 6 nitrogen and oxygen atoms in total. The number of Topliss-reactive ketones (excluding diaryl/α,β-unsaturated/α-hetero) is 1. The predicted molar refractivity (Wildman–Crippen MR) is 117 cm³/mol. The van der Waals surface area contributed by atoms with Crippen molar-refractivity contribution in [3.63, 3.8) is 0 Å². The maximum atomic E-state index is 12.7. The molecule has 0 bridgehead atoms. The molecule has 0 aromatic carbocycles. The van der Waals surface area contributed by atoms with Crippen LogP contribution in [0.15, 0.2) is 16.8 Å². The van der Waals surface area contributed by atoms with Gasteiger partial charge in [-0.05, 0) is 75.3 Å². The molecule has 31 heavy (non-hydrogen) atoms. The molecule has 4 aliphatic carbocycles. The zero-order chi connectivity index (χ0) is 21.6. The van der Waals surface area contributed by atoms with E-state index in [1.54, 1.807) is 0 Å². The number of carbonyl (C=O) groups is 2. The molecule has 1 aliphatic heterocycles. The maximum absolute atomic E-state index is 12.7. The molecule has 170 valence electrons. The van der Waals surface area contributed by atoms with Crippen LogP contribution in [0, 0.1) is 28.6 Å². The summed E-state index contributed by atoms with van der Waals surface area (Å²) in [4.78, 5) is 30.3. The molecule has 6 heteroatoms. The van der Waals surface area contributed by atoms with Gasteiger partial charge in [0.2, 0.25) is 0 Å². The van der Waals surface area contributed by atoms with Crippen LogP contribution in [0.25, 0.3) is 0 Å². The number of rotatable bonds is 4. The number of hydrogen-bond donors (Lipinski definition) is 1. The van der Waals surface area contributed by atoms with Crippen LogP contribution in [0.2, 0.25) is 0 Å². The van der Waals surface area contributed by atoms with Gasteiger partial charge in [0.25, 0.3) is 0 Å². The minimum Gasteiger partial charge on any atom is -0.465 e. The SMILES string of the molecule is CC(=O)OC[C@]12CC/C(=N\OC3CCNC3)C=C1CCC1C2CC[C@]2(C)C(=O)CCC12. The minimum absolute atomic E-state index is 0.102. The summed E-state index contributed by atoms with van der Waals surface area (Å²) in [5.41, 5.74) is 2.18. The molecule has 5 aliphatic rings. The largest absolute Gasteiger partial charge is 0.465 e. The Balaban J connectivity index is 1.42. The topological polar surface area (TPSA) is 77.0 Å². The lowest BCUT2D eigenvalue weighted by Gasteiger charge is -2.57. The highest BCUT2D eigenvalue weighted by atomic mass is 16.6. The van der Waals surface area contributed by atoms with Crippen molar-refractivity contribution < 1.29 is 19.2 Å². The van der Waals surface area contributed by atoms with Crippen molar-refractivity contribution in [2.24, 2.45) is 33.7 Å². The summed E-state index contributed by atoms with van der Waals surface area (Å²) in [6, 6.07) is 0. The molecule has 0 radical (unpaired) electrons. The summed E-state index contributed by atoms with van der Waals surface area (Å²) in [6.45, 7) is 6.05. The van der Waals surface area contributed by atoms with Crippen LogP contribution in [0.4, 0.5) is 0 Å². The van der Waals surface area contributed by atoms with Crippen molar-refractivity contribution in [3.05, 3.63) is 11.6 Å². The van der Waals surface area contributed by atoms with Crippen LogP contribution < -0.4 is 5.32 Å². The van der Waals surface area contributed by atoms with Gasteiger partial charge in [-0.1, -0.05) is 17.7 Å². The first-order valence-electron chi connectivity index (χ1n) is 12.2. The molecule has 0 aromatic rings. The summed E-state index contributed by atoms with van der Waals surface area (Å²) in [5.74, 6) is 1.80. The fraction of sp³-hybridized carbons (Fsp3) is 0.800. The quantitative estimate of drug-likeness (QED) is 0.544. The van der Waals surface area contributed by atoms with E-state index < -0.39 is 0 Å². The lowest BCUT2D eigenvalue weighted by molar-refractivity contribution is -0.149. The Kier molecular flexibility index (Phi) is 5.48. The Morgan fingerprint density at radius 3 is 2.81 bits per heavy atom. The predicted octanol–water partition coefficient (Wildman–Crippen LogP) is 3.80. The molecule has 4 fully saturated rings. The Bertz CT molecular complexity index is 814. The summed E-state index contributed by atoms with van der Waals surface area (Å²) >= 11 is 0. The molecule has 6 atom stereocenters. The molecular weight excluding hydrogens is 392 g/mol. The van der Waals surface area contributed by atoms with Crippen LogP contribution >= 0.6 is 0 Å². The molecular formula is C25H36N2O4. The fourth-order valence-corrected chi connectivity index (χ4v) is 7.58. The highest BCUT2D eigenvalue weighted by molar-refractivity contribution is 5.96. The number of allylic oxidation sites excluding steroid dienone is 1. The molecule has 1 N–H and O–H groups in total. The van der Waals surface area contributed by atoms with Crippen molar-refractivity contribution in [2.45, 2.75) is 77.7 Å². The first-order valence-corrected chi connectivity index (χ1v) is 12.2. The van der Waals surface area contributed by atoms with E-state index in [0.717, 1.165) is 76.6 Å². The first kappa shape index (κ1) is 21.2. The second-order valence-electron chi connectivity index (χ2n) is 10.7. The zero-order valence-electron chi connectivity index (χ0n) is 19.0. The highest BCUT2D eigenvalue weighted by Crippen LogP contribution is 2.64. The average Bonchev–Trinajstić information content (AvgIpc) is 3.38. The summed E-state index contributed by atoms with van der Waals surface area (Å²) < 4.78 is 5.70. The number of nitrogens with zero attached hydrogens (tertiary/aromatic N) is 1. The third-order valence-electron chi connectivity index (χ3n) is 9.28. The monoisotopic (exact) mass is 428 g/mol. The van der Waals surface area contributed by atoms with Gasteiger partial charge in [0.1, 0.15) is 18.5 Å². The molecule has 1 saturated heterocycles. The zero-order valence-corrected chi connectivity index (χ0v) is 19.0. The third kappa shape index (κ3) is 3.55. The second-order valence-corrected chi connectivity index (χ2v) is 10.7. The van der Waals surface area contributed by atoms with Gasteiger partial charge >= 0.3 is 5.97 Å². The van der Waals surface area contributed by atoms with Gasteiger partial charge in [0.05, 0.1) is 5.71 Å². The van der Waals surface area contributed by atoms with Gasteiger partial charge in [-0.25, -0.2) is 0 Å². The maximum Gasteiger partial charge on any atom is 0.302 e. The number of hydrogen-bond acceptors (Lipinski definition) is 6. The van der Waals surface area contributed by atoms with Crippen molar-refractivity contribution in [1.82, 2.24) is 5.32 Å². The Morgan fingerprint density at radius 1 is 1.16 bits per heavy atom. The first-order chi connectivity index (χ1) is 14.9. The van der Waals surface area contributed by atoms with E-state index in [2.05, 4.69) is 23.5 Å². The van der Waals surface area contributed by atoms with E-state index in [1.807, 2.05) is 0 Å². The summed E-state index contributed by atoms with van der Waals surface area (Å²) in [5, 5.41) is 7.82. The van der Waals surface area contributed by atoms with Crippen molar-refractivity contribution in [1.29, 1.82) is 0 Å². The molecule has 3 saturated carbocycles. The van der Waals surface area contributed by atoms with Crippen molar-refractivity contribution in [3.8, 4) is 0 Å². The Labute approximate surface area is 185 Å². The van der Waals surface area contributed by atoms with Gasteiger partial charge < -0.3 is 14.9 Å². The smallest absolute Gasteiger partial charge is 0.302 e. The fourth-order valence-electron chi connectivity index (χ4n) is 7.58. The molecule has 0 spiro atoms. The standard InChI is InChI=1S/C25H36N2O4/c1-16(28)30-15-25-11-7-18(27-31-19-9-12-26-14-19)13-17(25)3-4-20-21-5-6-23(29)24(21,2)10-8-22(20)25/h13,19-22,26H,3-12,14-15H2,1-2H3/b27-18+/t19?,20?,21?,22?,24-,25+/m0/s1. The Hall–Kier alpha value is -1.69. The van der Waals surface area contributed by atoms with Gasteiger partial charge in [-0.3, -0.25) is 9.59 Å². The lowest BCUT2D eigenvalue weighted by atomic mass is 9.47. The lowest BCUT2D eigenvalue weighted by Crippen LogP contribution is -2.53. The van der Waals surface area contributed by atoms with Gasteiger partial charge in [-0.2, -0.15) is 0 Å². The van der Waals surface area contributed by atoms with Gasteiger partial charge in [-0.15, -0.1) is 0 Å². The van der Waals surface area contributed by atoms with Crippen LogP contribution in [-0.4, -0.2) is 43.3 Å². The normalized spacial score (nSPS) is 43.1. The third-order valence-corrected chi connectivity index (χ3v) is 9.28. The van der Waals surface area contributed by atoms with Crippen molar-refractivity contribution >= 4 is 17.5 Å². The number of carbonyl (C=O) groups excluding carboxylic acids is 2. The average molecular weight is 429 g/mol. The number of oxime groups is 1.